The van der Waals surface area contributed by atoms with Crippen molar-refractivity contribution in [2.45, 2.75) is 32.1 Å². The molecule has 0 N–H and O–H groups in total. The summed E-state index contributed by atoms with van der Waals surface area (Å²) < 4.78 is 33.7. The van der Waals surface area contributed by atoms with Gasteiger partial charge in [-0.15, -0.1) is 0 Å². The van der Waals surface area contributed by atoms with Crippen LogP contribution in [-0.2, 0) is 10.0 Å². The van der Waals surface area contributed by atoms with Gasteiger partial charge >= 0.3 is 0 Å². The molecule has 2 atom stereocenters. The summed E-state index contributed by atoms with van der Waals surface area (Å²) in [6.45, 7) is 7.64. The molecular weight excluding hydrogens is 354 g/mol. The first kappa shape index (κ1) is 16.8. The number of piperidine rings is 1. The summed E-state index contributed by atoms with van der Waals surface area (Å²) in [5, 5.41) is 0. The Balaban J connectivity index is 2.41. The van der Waals surface area contributed by atoms with E-state index in [0.29, 0.717) is 37.3 Å². The van der Waals surface area contributed by atoms with E-state index in [1.165, 1.54) is 0 Å². The van der Waals surface area contributed by atoms with Gasteiger partial charge in [-0.25, -0.2) is 8.42 Å². The van der Waals surface area contributed by atoms with E-state index in [1.54, 1.807) is 22.5 Å². The number of nitrogens with zero attached hydrogens (tertiary/aromatic N) is 1. The van der Waals surface area contributed by atoms with Crippen molar-refractivity contribution in [2.24, 2.45) is 11.8 Å². The standard InChI is InChI=1S/C15H22BrNO3S/c1-4-20-14-6-5-13(16)8-15(14)21(18,19)17-9-11(2)7-12(3)10-17/h5-6,8,11-12H,4,7,9-10H2,1-3H3/t11-,12-/m0/s1. The number of halogens is 1. The molecule has 1 saturated heterocycles. The number of rotatable bonds is 4. The molecule has 118 valence electrons. The van der Waals surface area contributed by atoms with Crippen molar-refractivity contribution in [1.29, 1.82) is 0 Å². The largest absolute Gasteiger partial charge is 0.492 e. The van der Waals surface area contributed by atoms with E-state index in [9.17, 15) is 8.42 Å². The van der Waals surface area contributed by atoms with Crippen molar-refractivity contribution in [2.75, 3.05) is 19.7 Å². The minimum absolute atomic E-state index is 0.250. The molecule has 1 aliphatic heterocycles. The first-order valence-corrected chi connectivity index (χ1v) is 9.50. The van der Waals surface area contributed by atoms with Gasteiger partial charge in [0.2, 0.25) is 10.0 Å². The topological polar surface area (TPSA) is 46.6 Å². The van der Waals surface area contributed by atoms with Crippen molar-refractivity contribution >= 4 is 26.0 Å². The molecular formula is C15H22BrNO3S. The van der Waals surface area contributed by atoms with Crippen LogP contribution in [0.2, 0.25) is 0 Å². The lowest BCUT2D eigenvalue weighted by atomic mass is 9.94. The van der Waals surface area contributed by atoms with Gasteiger partial charge in [0.05, 0.1) is 6.61 Å². The fourth-order valence-electron chi connectivity index (χ4n) is 2.90. The Morgan fingerprint density at radius 1 is 1.29 bits per heavy atom. The summed E-state index contributed by atoms with van der Waals surface area (Å²) in [7, 11) is -3.52. The molecule has 2 rings (SSSR count). The van der Waals surface area contributed by atoms with Crippen LogP contribution < -0.4 is 4.74 Å². The molecule has 1 heterocycles. The van der Waals surface area contributed by atoms with Crippen molar-refractivity contribution < 1.29 is 13.2 Å². The number of hydrogen-bond acceptors (Lipinski definition) is 3. The lowest BCUT2D eigenvalue weighted by Crippen LogP contribution is -2.42. The van der Waals surface area contributed by atoms with Gasteiger partial charge in [0.1, 0.15) is 10.6 Å². The van der Waals surface area contributed by atoms with E-state index in [2.05, 4.69) is 29.8 Å². The Kier molecular flexibility index (Phi) is 5.33. The van der Waals surface area contributed by atoms with Crippen molar-refractivity contribution in [3.63, 3.8) is 0 Å². The summed E-state index contributed by atoms with van der Waals surface area (Å²) in [5.74, 6) is 1.18. The number of sulfonamides is 1. The molecule has 0 saturated carbocycles. The van der Waals surface area contributed by atoms with E-state index in [-0.39, 0.29) is 4.90 Å². The van der Waals surface area contributed by atoms with Crippen LogP contribution in [0.25, 0.3) is 0 Å². The average molecular weight is 376 g/mol. The number of benzene rings is 1. The molecule has 0 unspecified atom stereocenters. The van der Waals surface area contributed by atoms with Gasteiger partial charge in [0, 0.05) is 17.6 Å². The molecule has 1 fully saturated rings. The predicted octanol–water partition coefficient (Wildman–Crippen LogP) is 3.51. The van der Waals surface area contributed by atoms with Gasteiger partial charge in [-0.3, -0.25) is 0 Å². The molecule has 0 spiro atoms. The Morgan fingerprint density at radius 2 is 1.90 bits per heavy atom. The molecule has 0 amide bonds. The summed E-state index contributed by atoms with van der Waals surface area (Å²) in [5.41, 5.74) is 0. The molecule has 0 aromatic heterocycles. The Bertz CT molecular complexity index is 593. The molecule has 0 bridgehead atoms. The zero-order chi connectivity index (χ0) is 15.6. The molecule has 1 aliphatic rings. The van der Waals surface area contributed by atoms with Crippen LogP contribution in [0.1, 0.15) is 27.2 Å². The quantitative estimate of drug-likeness (QED) is 0.808. The highest BCUT2D eigenvalue weighted by molar-refractivity contribution is 9.10. The Morgan fingerprint density at radius 3 is 2.48 bits per heavy atom. The fraction of sp³-hybridized carbons (Fsp3) is 0.600. The van der Waals surface area contributed by atoms with Gasteiger partial charge in [-0.1, -0.05) is 29.8 Å². The SMILES string of the molecule is CCOc1ccc(Br)cc1S(=O)(=O)N1C[C@@H](C)C[C@H](C)C1. The molecule has 21 heavy (non-hydrogen) atoms. The average Bonchev–Trinajstić information content (AvgIpc) is 2.40. The molecule has 4 nitrogen and oxygen atoms in total. The summed E-state index contributed by atoms with van der Waals surface area (Å²) >= 11 is 3.35. The third-order valence-corrected chi connectivity index (χ3v) is 6.00. The summed E-state index contributed by atoms with van der Waals surface area (Å²) in [4.78, 5) is 0.250. The molecule has 0 radical (unpaired) electrons. The van der Waals surface area contributed by atoms with E-state index in [4.69, 9.17) is 4.74 Å². The minimum Gasteiger partial charge on any atom is -0.492 e. The maximum Gasteiger partial charge on any atom is 0.246 e. The second kappa shape index (κ2) is 6.67. The smallest absolute Gasteiger partial charge is 0.246 e. The predicted molar refractivity (Wildman–Crippen MR) is 87.0 cm³/mol. The van der Waals surface area contributed by atoms with Gasteiger partial charge in [-0.05, 0) is 43.4 Å². The summed E-state index contributed by atoms with van der Waals surface area (Å²) in [6.07, 6.45) is 1.07. The van der Waals surface area contributed by atoms with Gasteiger partial charge in [0.15, 0.2) is 0 Å². The van der Waals surface area contributed by atoms with Crippen LogP contribution in [-0.4, -0.2) is 32.4 Å². The molecule has 1 aromatic carbocycles. The van der Waals surface area contributed by atoms with Crippen molar-refractivity contribution in [3.05, 3.63) is 22.7 Å². The summed E-state index contributed by atoms with van der Waals surface area (Å²) in [6, 6.07) is 5.13. The van der Waals surface area contributed by atoms with E-state index in [1.807, 2.05) is 6.92 Å². The van der Waals surface area contributed by atoms with Gasteiger partial charge < -0.3 is 4.74 Å². The van der Waals surface area contributed by atoms with Gasteiger partial charge in [0.25, 0.3) is 0 Å². The second-order valence-corrected chi connectivity index (χ2v) is 8.61. The molecule has 6 heteroatoms. The van der Waals surface area contributed by atoms with Crippen LogP contribution in [0.15, 0.2) is 27.6 Å². The normalized spacial score (nSPS) is 24.0. The first-order valence-electron chi connectivity index (χ1n) is 7.27. The van der Waals surface area contributed by atoms with Crippen LogP contribution >= 0.6 is 15.9 Å². The van der Waals surface area contributed by atoms with Crippen LogP contribution in [0, 0.1) is 11.8 Å². The third kappa shape index (κ3) is 3.79. The van der Waals surface area contributed by atoms with E-state index >= 15 is 0 Å². The minimum atomic E-state index is -3.52. The molecule has 0 aliphatic carbocycles. The number of hydrogen-bond donors (Lipinski definition) is 0. The Labute approximate surface area is 135 Å². The highest BCUT2D eigenvalue weighted by atomic mass is 79.9. The van der Waals surface area contributed by atoms with Crippen LogP contribution in [0.5, 0.6) is 5.75 Å². The van der Waals surface area contributed by atoms with Crippen molar-refractivity contribution in [3.8, 4) is 5.75 Å². The third-order valence-electron chi connectivity index (χ3n) is 3.66. The number of ether oxygens (including phenoxy) is 1. The fourth-order valence-corrected chi connectivity index (χ4v) is 5.25. The highest BCUT2D eigenvalue weighted by Gasteiger charge is 2.33. The lowest BCUT2D eigenvalue weighted by Gasteiger charge is -2.34. The first-order chi connectivity index (χ1) is 9.84. The molecule has 1 aromatic rings. The maximum absolute atomic E-state index is 13.0. The van der Waals surface area contributed by atoms with E-state index < -0.39 is 10.0 Å². The lowest BCUT2D eigenvalue weighted by molar-refractivity contribution is 0.222. The van der Waals surface area contributed by atoms with Crippen molar-refractivity contribution in [1.82, 2.24) is 4.31 Å². The zero-order valence-corrected chi connectivity index (χ0v) is 15.1. The Hall–Kier alpha value is -0.590. The highest BCUT2D eigenvalue weighted by Crippen LogP contribution is 2.33. The maximum atomic E-state index is 13.0. The second-order valence-electron chi connectivity index (χ2n) is 5.79. The van der Waals surface area contributed by atoms with Crippen LogP contribution in [0.3, 0.4) is 0 Å². The van der Waals surface area contributed by atoms with Crippen LogP contribution in [0.4, 0.5) is 0 Å². The van der Waals surface area contributed by atoms with E-state index in [0.717, 1.165) is 10.9 Å². The van der Waals surface area contributed by atoms with Gasteiger partial charge in [-0.2, -0.15) is 4.31 Å². The monoisotopic (exact) mass is 375 g/mol. The zero-order valence-electron chi connectivity index (χ0n) is 12.7.